The van der Waals surface area contributed by atoms with Gasteiger partial charge in [-0.2, -0.15) is 0 Å². The van der Waals surface area contributed by atoms with Gasteiger partial charge in [-0.05, 0) is 75.1 Å². The van der Waals surface area contributed by atoms with E-state index in [-0.39, 0.29) is 5.92 Å². The predicted molar refractivity (Wildman–Crippen MR) is 96.6 cm³/mol. The Morgan fingerprint density at radius 3 is 2.58 bits per heavy atom. The van der Waals surface area contributed by atoms with Crippen LogP contribution in [0.25, 0.3) is 0 Å². The zero-order valence-corrected chi connectivity index (χ0v) is 14.8. The first-order valence-electron chi connectivity index (χ1n) is 9.76. The van der Waals surface area contributed by atoms with Crippen LogP contribution in [0.15, 0.2) is 24.3 Å². The summed E-state index contributed by atoms with van der Waals surface area (Å²) in [6, 6.07) is 9.12. The Balaban J connectivity index is 1.25. The Kier molecular flexibility index (Phi) is 4.62. The van der Waals surface area contributed by atoms with E-state index in [4.69, 9.17) is 0 Å². The van der Waals surface area contributed by atoms with Crippen LogP contribution < -0.4 is 5.32 Å². The molecule has 1 saturated heterocycles. The molecule has 0 radical (unpaired) electrons. The summed E-state index contributed by atoms with van der Waals surface area (Å²) in [6.07, 6.45) is 7.36. The third kappa shape index (κ3) is 3.37. The van der Waals surface area contributed by atoms with Crippen molar-refractivity contribution in [2.24, 2.45) is 17.8 Å². The summed E-state index contributed by atoms with van der Waals surface area (Å²) >= 11 is 0. The van der Waals surface area contributed by atoms with Crippen LogP contribution >= 0.6 is 0 Å². The maximum absolute atomic E-state index is 12.6. The highest BCUT2D eigenvalue weighted by Crippen LogP contribution is 2.44. The van der Waals surface area contributed by atoms with Gasteiger partial charge < -0.3 is 5.32 Å². The fraction of sp³-hybridized carbons (Fsp3) is 0.667. The average Bonchev–Trinajstić information content (AvgIpc) is 3.20. The van der Waals surface area contributed by atoms with E-state index in [0.717, 1.165) is 44.3 Å². The van der Waals surface area contributed by atoms with Crippen LogP contribution in [0.1, 0.15) is 49.7 Å². The first kappa shape index (κ1) is 16.1. The SMILES string of the molecule is Cc1ccccc1CN1CCC(C(=O)N[C@@H]2C[C@@H]3CC[C@@H]2C3)CC1. The summed E-state index contributed by atoms with van der Waals surface area (Å²) in [5.41, 5.74) is 2.79. The number of carbonyl (C=O) groups is 1. The van der Waals surface area contributed by atoms with Gasteiger partial charge in [-0.25, -0.2) is 0 Å². The fourth-order valence-electron chi connectivity index (χ4n) is 5.10. The number of nitrogens with zero attached hydrogens (tertiary/aromatic N) is 1. The van der Waals surface area contributed by atoms with E-state index in [0.29, 0.717) is 11.9 Å². The first-order chi connectivity index (χ1) is 11.7. The van der Waals surface area contributed by atoms with Crippen molar-refractivity contribution in [1.82, 2.24) is 10.2 Å². The van der Waals surface area contributed by atoms with E-state index in [1.54, 1.807) is 0 Å². The molecule has 3 nitrogen and oxygen atoms in total. The van der Waals surface area contributed by atoms with Crippen LogP contribution in [0, 0.1) is 24.7 Å². The fourth-order valence-corrected chi connectivity index (χ4v) is 5.10. The Labute approximate surface area is 145 Å². The molecule has 2 aliphatic carbocycles. The molecule has 2 saturated carbocycles. The number of amides is 1. The smallest absolute Gasteiger partial charge is 0.223 e. The zero-order valence-electron chi connectivity index (χ0n) is 14.8. The Bertz CT molecular complexity index is 591. The van der Waals surface area contributed by atoms with Crippen LogP contribution in [0.2, 0.25) is 0 Å². The van der Waals surface area contributed by atoms with Gasteiger partial charge in [-0.3, -0.25) is 9.69 Å². The number of benzene rings is 1. The molecule has 3 fully saturated rings. The largest absolute Gasteiger partial charge is 0.353 e. The lowest BCUT2D eigenvalue weighted by Crippen LogP contribution is -2.45. The number of likely N-dealkylation sites (tertiary alicyclic amines) is 1. The van der Waals surface area contributed by atoms with Gasteiger partial charge in [0.15, 0.2) is 0 Å². The topological polar surface area (TPSA) is 32.3 Å². The summed E-state index contributed by atoms with van der Waals surface area (Å²) in [4.78, 5) is 15.1. The Morgan fingerprint density at radius 2 is 1.92 bits per heavy atom. The van der Waals surface area contributed by atoms with E-state index in [1.807, 2.05) is 0 Å². The molecule has 2 bridgehead atoms. The van der Waals surface area contributed by atoms with Gasteiger partial charge in [0, 0.05) is 18.5 Å². The van der Waals surface area contributed by atoms with Gasteiger partial charge >= 0.3 is 0 Å². The number of hydrogen-bond acceptors (Lipinski definition) is 2. The number of hydrogen-bond donors (Lipinski definition) is 1. The van der Waals surface area contributed by atoms with Crippen molar-refractivity contribution >= 4 is 5.91 Å². The quantitative estimate of drug-likeness (QED) is 0.918. The summed E-state index contributed by atoms with van der Waals surface area (Å²) in [5, 5.41) is 3.40. The second kappa shape index (κ2) is 6.87. The van der Waals surface area contributed by atoms with Crippen molar-refractivity contribution in [1.29, 1.82) is 0 Å². The second-order valence-electron chi connectivity index (χ2n) is 8.27. The molecule has 1 aromatic carbocycles. The minimum absolute atomic E-state index is 0.234. The maximum Gasteiger partial charge on any atom is 0.223 e. The van der Waals surface area contributed by atoms with Gasteiger partial charge in [0.25, 0.3) is 0 Å². The van der Waals surface area contributed by atoms with Gasteiger partial charge in [-0.15, -0.1) is 0 Å². The van der Waals surface area contributed by atoms with Crippen LogP contribution in [0.4, 0.5) is 0 Å². The van der Waals surface area contributed by atoms with E-state index in [2.05, 4.69) is 41.4 Å². The summed E-state index contributed by atoms with van der Waals surface area (Å²) < 4.78 is 0. The number of fused-ring (bicyclic) bond motifs is 2. The molecule has 0 spiro atoms. The number of carbonyl (C=O) groups excluding carboxylic acids is 1. The molecule has 0 aromatic heterocycles. The molecule has 3 atom stereocenters. The summed E-state index contributed by atoms with van der Waals surface area (Å²) in [7, 11) is 0. The van der Waals surface area contributed by atoms with Gasteiger partial charge in [0.1, 0.15) is 0 Å². The highest BCUT2D eigenvalue weighted by molar-refractivity contribution is 5.79. The molecule has 3 aliphatic rings. The Morgan fingerprint density at radius 1 is 1.12 bits per heavy atom. The first-order valence-corrected chi connectivity index (χ1v) is 9.76. The molecular weight excluding hydrogens is 296 g/mol. The molecule has 1 N–H and O–H groups in total. The zero-order chi connectivity index (χ0) is 16.5. The molecule has 3 heteroatoms. The van der Waals surface area contributed by atoms with Crippen LogP contribution in [0.5, 0.6) is 0 Å². The molecule has 130 valence electrons. The van der Waals surface area contributed by atoms with Crippen LogP contribution in [0.3, 0.4) is 0 Å². The molecule has 0 unspecified atom stereocenters. The molecule has 1 amide bonds. The number of aryl methyl sites for hydroxylation is 1. The second-order valence-corrected chi connectivity index (χ2v) is 8.27. The number of piperidine rings is 1. The lowest BCUT2D eigenvalue weighted by Gasteiger charge is -2.33. The van der Waals surface area contributed by atoms with Crippen LogP contribution in [-0.4, -0.2) is 29.9 Å². The van der Waals surface area contributed by atoms with E-state index in [9.17, 15) is 4.79 Å². The van der Waals surface area contributed by atoms with Crippen molar-refractivity contribution < 1.29 is 4.79 Å². The molecule has 1 aromatic rings. The highest BCUT2D eigenvalue weighted by atomic mass is 16.2. The molecule has 1 heterocycles. The highest BCUT2D eigenvalue weighted by Gasteiger charge is 2.40. The standard InChI is InChI=1S/C21H30N2O/c1-15-4-2-3-5-19(15)14-23-10-8-17(9-11-23)21(24)22-20-13-16-6-7-18(20)12-16/h2-5,16-18,20H,6-14H2,1H3,(H,22,24)/t16-,18-,20-/m1/s1. The lowest BCUT2D eigenvalue weighted by molar-refractivity contribution is -0.127. The maximum atomic E-state index is 12.6. The normalized spacial score (nSPS) is 30.6. The van der Waals surface area contributed by atoms with Crippen molar-refractivity contribution in [2.45, 2.75) is 58.0 Å². The minimum atomic E-state index is 0.234. The van der Waals surface area contributed by atoms with Crippen LogP contribution in [-0.2, 0) is 11.3 Å². The molecule has 1 aliphatic heterocycles. The van der Waals surface area contributed by atoms with Gasteiger partial charge in [0.05, 0.1) is 0 Å². The summed E-state index contributed by atoms with van der Waals surface area (Å²) in [5.74, 6) is 2.25. The third-order valence-corrected chi connectivity index (χ3v) is 6.68. The number of rotatable bonds is 4. The molecule has 4 rings (SSSR count). The average molecular weight is 326 g/mol. The van der Waals surface area contributed by atoms with Gasteiger partial charge in [0.2, 0.25) is 5.91 Å². The predicted octanol–water partition coefficient (Wildman–Crippen LogP) is 3.51. The van der Waals surface area contributed by atoms with E-state index >= 15 is 0 Å². The van der Waals surface area contributed by atoms with Gasteiger partial charge in [-0.1, -0.05) is 30.7 Å². The summed E-state index contributed by atoms with van der Waals surface area (Å²) in [6.45, 7) is 5.30. The van der Waals surface area contributed by atoms with E-state index < -0.39 is 0 Å². The number of nitrogens with one attached hydrogen (secondary N) is 1. The monoisotopic (exact) mass is 326 g/mol. The van der Waals surface area contributed by atoms with E-state index in [1.165, 1.54) is 36.8 Å². The minimum Gasteiger partial charge on any atom is -0.353 e. The van der Waals surface area contributed by atoms with Crippen molar-refractivity contribution in [3.63, 3.8) is 0 Å². The molecule has 24 heavy (non-hydrogen) atoms. The Hall–Kier alpha value is -1.35. The third-order valence-electron chi connectivity index (χ3n) is 6.68. The molecular formula is C21H30N2O. The van der Waals surface area contributed by atoms with Crippen molar-refractivity contribution in [3.8, 4) is 0 Å². The van der Waals surface area contributed by atoms with Crippen molar-refractivity contribution in [3.05, 3.63) is 35.4 Å². The van der Waals surface area contributed by atoms with Crippen molar-refractivity contribution in [2.75, 3.05) is 13.1 Å². The lowest BCUT2D eigenvalue weighted by atomic mass is 9.92.